The number of thiazole rings is 1. The monoisotopic (exact) mass is 356 g/mol. The quantitative estimate of drug-likeness (QED) is 0.646. The van der Waals surface area contributed by atoms with Crippen LogP contribution in [0, 0.1) is 5.82 Å². The van der Waals surface area contributed by atoms with Crippen molar-refractivity contribution in [2.45, 2.75) is 0 Å². The summed E-state index contributed by atoms with van der Waals surface area (Å²) >= 11 is 10.9. The molecule has 0 saturated heterocycles. The van der Waals surface area contributed by atoms with Crippen molar-refractivity contribution >= 4 is 59.9 Å². The van der Waals surface area contributed by atoms with Crippen LogP contribution in [-0.4, -0.2) is 4.98 Å². The molecule has 0 radical (unpaired) electrons. The van der Waals surface area contributed by atoms with Gasteiger partial charge in [-0.05, 0) is 36.4 Å². The number of benzene rings is 2. The van der Waals surface area contributed by atoms with Gasteiger partial charge in [0.15, 0.2) is 5.13 Å². The topological polar surface area (TPSA) is 24.9 Å². The highest BCUT2D eigenvalue weighted by atomic mass is 79.9. The van der Waals surface area contributed by atoms with Crippen molar-refractivity contribution in [1.29, 1.82) is 0 Å². The van der Waals surface area contributed by atoms with Gasteiger partial charge in [-0.3, -0.25) is 0 Å². The van der Waals surface area contributed by atoms with Gasteiger partial charge in [-0.25, -0.2) is 9.37 Å². The Morgan fingerprint density at radius 3 is 2.89 bits per heavy atom. The summed E-state index contributed by atoms with van der Waals surface area (Å²) in [5.74, 6) is -0.337. The molecule has 96 valence electrons. The summed E-state index contributed by atoms with van der Waals surface area (Å²) in [4.78, 5) is 4.44. The number of hydrogen-bond donors (Lipinski definition) is 1. The first-order valence-corrected chi connectivity index (χ1v) is 7.39. The van der Waals surface area contributed by atoms with Crippen molar-refractivity contribution in [2.24, 2.45) is 0 Å². The highest BCUT2D eigenvalue weighted by Gasteiger charge is 2.07. The van der Waals surface area contributed by atoms with Crippen LogP contribution in [0.3, 0.4) is 0 Å². The third-order valence-electron chi connectivity index (χ3n) is 2.52. The predicted octanol–water partition coefficient (Wildman–Crippen LogP) is 5.59. The fraction of sp³-hybridized carbons (Fsp3) is 0. The zero-order valence-electron chi connectivity index (χ0n) is 9.45. The molecule has 0 spiro atoms. The maximum absolute atomic E-state index is 13.2. The molecule has 19 heavy (non-hydrogen) atoms. The predicted molar refractivity (Wildman–Crippen MR) is 82.0 cm³/mol. The van der Waals surface area contributed by atoms with E-state index in [0.29, 0.717) is 15.8 Å². The number of nitrogens with one attached hydrogen (secondary N) is 1. The van der Waals surface area contributed by atoms with Crippen LogP contribution in [0.1, 0.15) is 0 Å². The zero-order valence-corrected chi connectivity index (χ0v) is 12.6. The lowest BCUT2D eigenvalue weighted by Gasteiger charge is -2.04. The van der Waals surface area contributed by atoms with E-state index in [-0.39, 0.29) is 5.82 Å². The Balaban J connectivity index is 1.98. The van der Waals surface area contributed by atoms with E-state index in [1.54, 1.807) is 0 Å². The summed E-state index contributed by atoms with van der Waals surface area (Å²) in [5, 5.41) is 4.18. The molecule has 0 bridgehead atoms. The van der Waals surface area contributed by atoms with Crippen molar-refractivity contribution in [2.75, 3.05) is 5.32 Å². The molecule has 0 aliphatic heterocycles. The first-order valence-electron chi connectivity index (χ1n) is 5.40. The van der Waals surface area contributed by atoms with Gasteiger partial charge in [-0.2, -0.15) is 0 Å². The molecule has 1 N–H and O–H groups in total. The fourth-order valence-corrected chi connectivity index (χ4v) is 3.03. The number of fused-ring (bicyclic) bond motifs is 1. The highest BCUT2D eigenvalue weighted by molar-refractivity contribution is 9.10. The molecule has 1 heterocycles. The third kappa shape index (κ3) is 2.73. The van der Waals surface area contributed by atoms with Crippen LogP contribution < -0.4 is 5.32 Å². The Kier molecular flexibility index (Phi) is 3.43. The molecule has 0 aliphatic carbocycles. The van der Waals surface area contributed by atoms with Gasteiger partial charge in [-0.1, -0.05) is 38.9 Å². The number of anilines is 2. The maximum atomic E-state index is 13.2. The van der Waals surface area contributed by atoms with E-state index in [1.807, 2.05) is 18.2 Å². The second-order valence-corrected chi connectivity index (χ2v) is 6.23. The summed E-state index contributed by atoms with van der Waals surface area (Å²) in [7, 11) is 0. The summed E-state index contributed by atoms with van der Waals surface area (Å²) in [6, 6.07) is 10.1. The van der Waals surface area contributed by atoms with Gasteiger partial charge < -0.3 is 5.32 Å². The number of hydrogen-bond acceptors (Lipinski definition) is 3. The van der Waals surface area contributed by atoms with Gasteiger partial charge in [0, 0.05) is 4.47 Å². The van der Waals surface area contributed by atoms with Gasteiger partial charge in [0.25, 0.3) is 0 Å². The summed E-state index contributed by atoms with van der Waals surface area (Å²) in [5.41, 5.74) is 1.40. The van der Waals surface area contributed by atoms with Crippen LogP contribution in [0.4, 0.5) is 15.2 Å². The van der Waals surface area contributed by atoms with E-state index < -0.39 is 0 Å². The molecule has 0 atom stereocenters. The van der Waals surface area contributed by atoms with Crippen LogP contribution >= 0.6 is 38.9 Å². The molecular weight excluding hydrogens is 351 g/mol. The summed E-state index contributed by atoms with van der Waals surface area (Å²) in [6.45, 7) is 0. The number of aromatic nitrogens is 1. The van der Waals surface area contributed by atoms with Crippen LogP contribution in [0.15, 0.2) is 40.9 Å². The van der Waals surface area contributed by atoms with Crippen LogP contribution in [0.25, 0.3) is 10.2 Å². The Morgan fingerprint density at radius 2 is 2.05 bits per heavy atom. The Labute approximate surface area is 126 Å². The Morgan fingerprint density at radius 1 is 1.21 bits per heavy atom. The smallest absolute Gasteiger partial charge is 0.188 e. The molecular formula is C13H7BrClFN2S. The molecule has 0 fully saturated rings. The summed E-state index contributed by atoms with van der Waals surface area (Å²) in [6.07, 6.45) is 0. The molecule has 3 rings (SSSR count). The minimum Gasteiger partial charge on any atom is -0.330 e. The molecule has 0 saturated carbocycles. The van der Waals surface area contributed by atoms with Gasteiger partial charge in [0.1, 0.15) is 5.82 Å². The molecule has 2 aromatic carbocycles. The average molecular weight is 358 g/mol. The largest absolute Gasteiger partial charge is 0.330 e. The summed E-state index contributed by atoms with van der Waals surface area (Å²) < 4.78 is 15.2. The SMILES string of the molecule is Fc1ccc(Cl)c(Nc2nc3cc(Br)ccc3s2)c1. The fourth-order valence-electron chi connectivity index (χ4n) is 1.66. The molecule has 6 heteroatoms. The molecule has 3 aromatic rings. The minimum atomic E-state index is -0.337. The van der Waals surface area contributed by atoms with E-state index in [9.17, 15) is 4.39 Å². The first-order chi connectivity index (χ1) is 9.11. The lowest BCUT2D eigenvalue weighted by Crippen LogP contribution is -1.91. The first kappa shape index (κ1) is 12.8. The van der Waals surface area contributed by atoms with Gasteiger partial charge in [0.05, 0.1) is 20.9 Å². The Bertz CT molecular complexity index is 759. The Hall–Kier alpha value is -1.17. The minimum absolute atomic E-state index is 0.337. The normalized spacial score (nSPS) is 10.9. The second kappa shape index (κ2) is 5.07. The molecule has 0 amide bonds. The van der Waals surface area contributed by atoms with Crippen molar-refractivity contribution in [3.63, 3.8) is 0 Å². The van der Waals surface area contributed by atoms with Crippen molar-refractivity contribution < 1.29 is 4.39 Å². The van der Waals surface area contributed by atoms with E-state index in [4.69, 9.17) is 11.6 Å². The molecule has 1 aromatic heterocycles. The van der Waals surface area contributed by atoms with E-state index in [0.717, 1.165) is 14.7 Å². The maximum Gasteiger partial charge on any atom is 0.188 e. The van der Waals surface area contributed by atoms with E-state index >= 15 is 0 Å². The average Bonchev–Trinajstić information content (AvgIpc) is 2.75. The van der Waals surface area contributed by atoms with Crippen molar-refractivity contribution in [3.05, 3.63) is 51.7 Å². The number of rotatable bonds is 2. The standard InChI is InChI=1S/C13H7BrClFN2S/c14-7-1-4-12-11(5-7)18-13(19-12)17-10-6-8(16)2-3-9(10)15/h1-6H,(H,17,18). The van der Waals surface area contributed by atoms with Crippen molar-refractivity contribution in [3.8, 4) is 0 Å². The number of nitrogens with zero attached hydrogens (tertiary/aromatic N) is 1. The van der Waals surface area contributed by atoms with Gasteiger partial charge >= 0.3 is 0 Å². The molecule has 2 nitrogen and oxygen atoms in total. The highest BCUT2D eigenvalue weighted by Crippen LogP contribution is 2.32. The van der Waals surface area contributed by atoms with Crippen LogP contribution in [0.2, 0.25) is 5.02 Å². The number of halogens is 3. The van der Waals surface area contributed by atoms with E-state index in [2.05, 4.69) is 26.2 Å². The van der Waals surface area contributed by atoms with Crippen molar-refractivity contribution in [1.82, 2.24) is 4.98 Å². The second-order valence-electron chi connectivity index (χ2n) is 3.88. The third-order valence-corrected chi connectivity index (χ3v) is 4.29. The molecule has 0 unspecified atom stereocenters. The van der Waals surface area contributed by atoms with E-state index in [1.165, 1.54) is 29.5 Å². The molecule has 0 aliphatic rings. The lowest BCUT2D eigenvalue weighted by atomic mass is 10.3. The zero-order chi connectivity index (χ0) is 13.4. The van der Waals surface area contributed by atoms with Crippen LogP contribution in [0.5, 0.6) is 0 Å². The van der Waals surface area contributed by atoms with Gasteiger partial charge in [0.2, 0.25) is 0 Å². The van der Waals surface area contributed by atoms with Crippen LogP contribution in [-0.2, 0) is 0 Å². The van der Waals surface area contributed by atoms with Gasteiger partial charge in [-0.15, -0.1) is 0 Å². The lowest BCUT2D eigenvalue weighted by molar-refractivity contribution is 0.628.